The first-order valence-electron chi connectivity index (χ1n) is 3.89. The first kappa shape index (κ1) is 8.79. The van der Waals surface area contributed by atoms with Crippen LogP contribution in [0.25, 0.3) is 10.8 Å². The smallest absolute Gasteiger partial charge is 0.0686 e. The fourth-order valence-electron chi connectivity index (χ4n) is 1.27. The van der Waals surface area contributed by atoms with E-state index in [2.05, 4.69) is 4.98 Å². The van der Waals surface area contributed by atoms with Gasteiger partial charge in [0.1, 0.15) is 0 Å². The lowest BCUT2D eigenvalue weighted by molar-refractivity contribution is 1.22. The van der Waals surface area contributed by atoms with E-state index < -0.39 is 0 Å². The van der Waals surface area contributed by atoms with E-state index in [4.69, 9.17) is 23.2 Å². The van der Waals surface area contributed by atoms with Crippen LogP contribution in [0.15, 0.2) is 24.4 Å². The molecule has 1 aromatic heterocycles. The van der Waals surface area contributed by atoms with E-state index in [9.17, 15) is 0 Å². The fourth-order valence-corrected chi connectivity index (χ4v) is 1.65. The highest BCUT2D eigenvalue weighted by atomic mass is 35.5. The Morgan fingerprint density at radius 2 is 2.00 bits per heavy atom. The molecule has 3 heteroatoms. The molecule has 0 radical (unpaired) electrons. The van der Waals surface area contributed by atoms with Gasteiger partial charge in [-0.15, -0.1) is 0 Å². The number of aryl methyl sites for hydroxylation is 1. The molecule has 66 valence electrons. The van der Waals surface area contributed by atoms with Crippen molar-refractivity contribution in [3.8, 4) is 0 Å². The molecular formula is C10H7Cl2N. The number of halogens is 2. The maximum Gasteiger partial charge on any atom is 0.0686 e. The third-order valence-corrected chi connectivity index (χ3v) is 2.75. The fraction of sp³-hybridized carbons (Fsp3) is 0.100. The third kappa shape index (κ3) is 1.50. The summed E-state index contributed by atoms with van der Waals surface area (Å²) < 4.78 is 0. The van der Waals surface area contributed by atoms with E-state index in [1.54, 1.807) is 12.3 Å². The van der Waals surface area contributed by atoms with E-state index in [-0.39, 0.29) is 0 Å². The van der Waals surface area contributed by atoms with E-state index in [0.29, 0.717) is 10.0 Å². The molecule has 0 spiro atoms. The maximum absolute atomic E-state index is 6.01. The second kappa shape index (κ2) is 3.17. The summed E-state index contributed by atoms with van der Waals surface area (Å²) in [6, 6.07) is 5.72. The van der Waals surface area contributed by atoms with Gasteiger partial charge in [0.25, 0.3) is 0 Å². The summed E-state index contributed by atoms with van der Waals surface area (Å²) in [5.41, 5.74) is 0.978. The molecular weight excluding hydrogens is 205 g/mol. The predicted molar refractivity (Wildman–Crippen MR) is 56.5 cm³/mol. The van der Waals surface area contributed by atoms with Crippen LogP contribution in [-0.4, -0.2) is 4.98 Å². The van der Waals surface area contributed by atoms with Crippen LogP contribution in [-0.2, 0) is 0 Å². The number of pyridine rings is 1. The molecule has 2 rings (SSSR count). The largest absolute Gasteiger partial charge is 0.261 e. The van der Waals surface area contributed by atoms with Gasteiger partial charge in [-0.25, -0.2) is 0 Å². The van der Waals surface area contributed by atoms with Gasteiger partial charge in [0.2, 0.25) is 0 Å². The Morgan fingerprint density at radius 1 is 1.23 bits per heavy atom. The highest BCUT2D eigenvalue weighted by Crippen LogP contribution is 2.30. The zero-order valence-corrected chi connectivity index (χ0v) is 8.52. The lowest BCUT2D eigenvalue weighted by atomic mass is 10.1. The van der Waals surface area contributed by atoms with Gasteiger partial charge in [-0.3, -0.25) is 4.98 Å². The molecule has 0 aliphatic heterocycles. The SMILES string of the molecule is Cc1cc2ccc(Cl)c(Cl)c2cn1. The van der Waals surface area contributed by atoms with Crippen molar-refractivity contribution in [2.75, 3.05) is 0 Å². The van der Waals surface area contributed by atoms with Crippen molar-refractivity contribution in [2.24, 2.45) is 0 Å². The lowest BCUT2D eigenvalue weighted by Gasteiger charge is -2.02. The van der Waals surface area contributed by atoms with Crippen molar-refractivity contribution < 1.29 is 0 Å². The van der Waals surface area contributed by atoms with Gasteiger partial charge >= 0.3 is 0 Å². The number of fused-ring (bicyclic) bond motifs is 1. The summed E-state index contributed by atoms with van der Waals surface area (Å²) in [6.45, 7) is 1.95. The van der Waals surface area contributed by atoms with E-state index in [0.717, 1.165) is 16.5 Å². The minimum absolute atomic E-state index is 0.569. The van der Waals surface area contributed by atoms with Crippen LogP contribution < -0.4 is 0 Å². The van der Waals surface area contributed by atoms with Gasteiger partial charge in [-0.1, -0.05) is 29.3 Å². The number of aromatic nitrogens is 1. The molecule has 1 nitrogen and oxygen atoms in total. The molecule has 0 atom stereocenters. The first-order valence-corrected chi connectivity index (χ1v) is 4.64. The van der Waals surface area contributed by atoms with Gasteiger partial charge in [-0.2, -0.15) is 0 Å². The first-order chi connectivity index (χ1) is 6.18. The third-order valence-electron chi connectivity index (χ3n) is 1.93. The zero-order chi connectivity index (χ0) is 9.42. The molecule has 2 aromatic rings. The topological polar surface area (TPSA) is 12.9 Å². The number of rotatable bonds is 0. The Kier molecular flexibility index (Phi) is 2.14. The van der Waals surface area contributed by atoms with Gasteiger partial charge < -0.3 is 0 Å². The van der Waals surface area contributed by atoms with E-state index in [1.807, 2.05) is 19.1 Å². The van der Waals surface area contributed by atoms with Gasteiger partial charge in [0.05, 0.1) is 10.0 Å². The Bertz CT molecular complexity index is 466. The Hall–Kier alpha value is -0.790. The molecule has 0 aliphatic carbocycles. The molecule has 0 saturated carbocycles. The summed E-state index contributed by atoms with van der Waals surface area (Å²) in [4.78, 5) is 4.17. The van der Waals surface area contributed by atoms with Crippen LogP contribution >= 0.6 is 23.2 Å². The summed E-state index contributed by atoms with van der Waals surface area (Å²) in [6.07, 6.45) is 1.75. The maximum atomic E-state index is 6.01. The normalized spacial score (nSPS) is 10.7. The van der Waals surface area contributed by atoms with Crippen LogP contribution in [0.4, 0.5) is 0 Å². The summed E-state index contributed by atoms with van der Waals surface area (Å²) in [5.74, 6) is 0. The molecule has 1 aromatic carbocycles. The summed E-state index contributed by atoms with van der Waals surface area (Å²) >= 11 is 11.9. The summed E-state index contributed by atoms with van der Waals surface area (Å²) in [5, 5.41) is 3.12. The molecule has 0 saturated heterocycles. The quantitative estimate of drug-likeness (QED) is 0.646. The zero-order valence-electron chi connectivity index (χ0n) is 7.01. The lowest BCUT2D eigenvalue weighted by Crippen LogP contribution is -1.82. The molecule has 0 unspecified atom stereocenters. The average molecular weight is 212 g/mol. The highest BCUT2D eigenvalue weighted by Gasteiger charge is 2.03. The molecule has 13 heavy (non-hydrogen) atoms. The standard InChI is InChI=1S/C10H7Cl2N/c1-6-4-7-2-3-9(11)10(12)8(7)5-13-6/h2-5H,1H3. The van der Waals surface area contributed by atoms with Gasteiger partial charge in [0, 0.05) is 17.3 Å². The number of hydrogen-bond acceptors (Lipinski definition) is 1. The molecule has 0 N–H and O–H groups in total. The Balaban J connectivity index is 2.87. The molecule has 0 fully saturated rings. The average Bonchev–Trinajstić information content (AvgIpc) is 2.12. The van der Waals surface area contributed by atoms with Gasteiger partial charge in [-0.05, 0) is 24.4 Å². The van der Waals surface area contributed by atoms with Crippen molar-refractivity contribution >= 4 is 34.0 Å². The van der Waals surface area contributed by atoms with Crippen molar-refractivity contribution in [3.63, 3.8) is 0 Å². The Morgan fingerprint density at radius 3 is 2.77 bits per heavy atom. The second-order valence-corrected chi connectivity index (χ2v) is 3.69. The van der Waals surface area contributed by atoms with E-state index in [1.165, 1.54) is 0 Å². The van der Waals surface area contributed by atoms with Gasteiger partial charge in [0.15, 0.2) is 0 Å². The number of benzene rings is 1. The molecule has 0 bridgehead atoms. The van der Waals surface area contributed by atoms with Crippen LogP contribution in [0, 0.1) is 6.92 Å². The molecule has 0 amide bonds. The van der Waals surface area contributed by atoms with Crippen LogP contribution in [0.2, 0.25) is 10.0 Å². The predicted octanol–water partition coefficient (Wildman–Crippen LogP) is 3.85. The number of nitrogens with zero attached hydrogens (tertiary/aromatic N) is 1. The minimum atomic E-state index is 0.569. The van der Waals surface area contributed by atoms with Crippen molar-refractivity contribution in [2.45, 2.75) is 6.92 Å². The molecule has 0 aliphatic rings. The summed E-state index contributed by atoms with van der Waals surface area (Å²) in [7, 11) is 0. The monoisotopic (exact) mass is 211 g/mol. The second-order valence-electron chi connectivity index (χ2n) is 2.91. The van der Waals surface area contributed by atoms with Crippen molar-refractivity contribution in [3.05, 3.63) is 40.1 Å². The highest BCUT2D eigenvalue weighted by molar-refractivity contribution is 6.45. The van der Waals surface area contributed by atoms with Crippen LogP contribution in [0.1, 0.15) is 5.69 Å². The van der Waals surface area contributed by atoms with Crippen molar-refractivity contribution in [1.29, 1.82) is 0 Å². The minimum Gasteiger partial charge on any atom is -0.261 e. The molecule has 1 heterocycles. The van der Waals surface area contributed by atoms with Crippen molar-refractivity contribution in [1.82, 2.24) is 4.98 Å². The Labute approximate surface area is 86.3 Å². The van der Waals surface area contributed by atoms with Crippen LogP contribution in [0.3, 0.4) is 0 Å². The van der Waals surface area contributed by atoms with E-state index >= 15 is 0 Å². The van der Waals surface area contributed by atoms with Crippen LogP contribution in [0.5, 0.6) is 0 Å². The number of hydrogen-bond donors (Lipinski definition) is 0.